The number of benzene rings is 10. The number of anilines is 3. The first-order valence-electron chi connectivity index (χ1n) is 21.7. The zero-order valence-corrected chi connectivity index (χ0v) is 35.5. The summed E-state index contributed by atoms with van der Waals surface area (Å²) in [4.78, 5) is 2.36. The van der Waals surface area contributed by atoms with Crippen molar-refractivity contribution in [2.24, 2.45) is 0 Å². The van der Waals surface area contributed by atoms with Crippen LogP contribution >= 0.6 is 11.3 Å². The molecule has 64 heavy (non-hydrogen) atoms. The van der Waals surface area contributed by atoms with Gasteiger partial charge in [0.05, 0.1) is 11.0 Å². The Morgan fingerprint density at radius 2 is 0.891 bits per heavy atom. The molecule has 3 nitrogen and oxygen atoms in total. The fourth-order valence-corrected chi connectivity index (χ4v) is 11.0. The van der Waals surface area contributed by atoms with Gasteiger partial charge < -0.3 is 13.9 Å². The number of hydrogen-bond donors (Lipinski definition) is 0. The van der Waals surface area contributed by atoms with E-state index in [2.05, 4.69) is 228 Å². The summed E-state index contributed by atoms with van der Waals surface area (Å²) in [6.45, 7) is 0. The number of nitrogens with zero attached hydrogens (tertiary/aromatic N) is 2. The average Bonchev–Trinajstić information content (AvgIpc) is 4.04. The van der Waals surface area contributed by atoms with Crippen molar-refractivity contribution in [1.29, 1.82) is 0 Å². The van der Waals surface area contributed by atoms with Crippen LogP contribution in [-0.2, 0) is 0 Å². The predicted octanol–water partition coefficient (Wildman–Crippen LogP) is 17.5. The SMILES string of the molecule is c1ccc(-c2ccc(N(c3ccc(-c4ccc(-n5c6ccccc6c6cc7oc8ccccc8c7cc65)cc4)cc3)c3ccc(-c4cccc5c4sc4ccccc45)cc3)cc2)cc1. The van der Waals surface area contributed by atoms with Gasteiger partial charge in [-0.05, 0) is 112 Å². The van der Waals surface area contributed by atoms with Gasteiger partial charge in [-0.25, -0.2) is 0 Å². The molecule has 0 amide bonds. The lowest BCUT2D eigenvalue weighted by atomic mass is 10.0. The molecule has 13 rings (SSSR count). The Kier molecular flexibility index (Phi) is 8.40. The molecule has 0 saturated carbocycles. The third kappa shape index (κ3) is 5.95. The Labute approximate surface area is 373 Å². The smallest absolute Gasteiger partial charge is 0.136 e. The summed E-state index contributed by atoms with van der Waals surface area (Å²) in [5.41, 5.74) is 15.8. The van der Waals surface area contributed by atoms with Crippen LogP contribution < -0.4 is 4.90 Å². The van der Waals surface area contributed by atoms with Crippen molar-refractivity contribution in [2.45, 2.75) is 0 Å². The maximum absolute atomic E-state index is 6.31. The van der Waals surface area contributed by atoms with Crippen molar-refractivity contribution < 1.29 is 4.42 Å². The first-order chi connectivity index (χ1) is 31.7. The van der Waals surface area contributed by atoms with Gasteiger partial charge in [-0.3, -0.25) is 0 Å². The molecule has 0 aliphatic carbocycles. The number of para-hydroxylation sites is 2. The van der Waals surface area contributed by atoms with E-state index >= 15 is 0 Å². The van der Waals surface area contributed by atoms with Crippen molar-refractivity contribution in [3.63, 3.8) is 0 Å². The number of furan rings is 1. The van der Waals surface area contributed by atoms with E-state index in [1.165, 1.54) is 64.2 Å². The molecule has 0 spiro atoms. The van der Waals surface area contributed by atoms with Crippen molar-refractivity contribution in [3.8, 4) is 39.1 Å². The van der Waals surface area contributed by atoms with E-state index in [-0.39, 0.29) is 0 Å². The number of aromatic nitrogens is 1. The highest BCUT2D eigenvalue weighted by molar-refractivity contribution is 7.26. The molecular formula is C60H38N2OS. The lowest BCUT2D eigenvalue weighted by Crippen LogP contribution is -2.09. The van der Waals surface area contributed by atoms with Gasteiger partial charge in [0.25, 0.3) is 0 Å². The van der Waals surface area contributed by atoms with Crippen LogP contribution in [0.15, 0.2) is 235 Å². The van der Waals surface area contributed by atoms with Gasteiger partial charge in [-0.1, -0.05) is 152 Å². The maximum atomic E-state index is 6.31. The van der Waals surface area contributed by atoms with Crippen LogP contribution in [0.3, 0.4) is 0 Å². The minimum absolute atomic E-state index is 0.912. The third-order valence-corrected chi connectivity index (χ3v) is 14.0. The molecule has 10 aromatic carbocycles. The summed E-state index contributed by atoms with van der Waals surface area (Å²) in [7, 11) is 0. The number of fused-ring (bicyclic) bond motifs is 9. The molecule has 3 heterocycles. The maximum Gasteiger partial charge on any atom is 0.136 e. The highest BCUT2D eigenvalue weighted by Crippen LogP contribution is 2.43. The molecule has 300 valence electrons. The van der Waals surface area contributed by atoms with E-state index in [1.54, 1.807) is 0 Å². The monoisotopic (exact) mass is 834 g/mol. The molecule has 0 atom stereocenters. The molecule has 13 aromatic rings. The van der Waals surface area contributed by atoms with Gasteiger partial charge in [0.15, 0.2) is 0 Å². The third-order valence-electron chi connectivity index (χ3n) is 12.8. The van der Waals surface area contributed by atoms with Crippen LogP contribution in [0.1, 0.15) is 0 Å². The second-order valence-electron chi connectivity index (χ2n) is 16.5. The van der Waals surface area contributed by atoms with Gasteiger partial charge in [-0.15, -0.1) is 11.3 Å². The summed E-state index contributed by atoms with van der Waals surface area (Å²) in [6.07, 6.45) is 0. The Morgan fingerprint density at radius 1 is 0.344 bits per heavy atom. The van der Waals surface area contributed by atoms with Crippen molar-refractivity contribution in [3.05, 3.63) is 231 Å². The first kappa shape index (κ1) is 36.5. The summed E-state index contributed by atoms with van der Waals surface area (Å²) < 4.78 is 11.3. The van der Waals surface area contributed by atoms with Gasteiger partial charge in [0.1, 0.15) is 11.2 Å². The van der Waals surface area contributed by atoms with E-state index in [0.29, 0.717) is 0 Å². The Morgan fingerprint density at radius 3 is 1.59 bits per heavy atom. The zero-order chi connectivity index (χ0) is 42.1. The minimum Gasteiger partial charge on any atom is -0.456 e. The molecule has 4 heteroatoms. The van der Waals surface area contributed by atoms with Crippen LogP contribution in [0.4, 0.5) is 17.1 Å². The summed E-state index contributed by atoms with van der Waals surface area (Å²) in [6, 6.07) is 83.4. The molecule has 0 bridgehead atoms. The molecule has 0 aliphatic heterocycles. The van der Waals surface area contributed by atoms with Crippen molar-refractivity contribution in [1.82, 2.24) is 4.57 Å². The number of rotatable bonds is 7. The van der Waals surface area contributed by atoms with Crippen LogP contribution in [0, 0.1) is 0 Å². The first-order valence-corrected chi connectivity index (χ1v) is 22.6. The second kappa shape index (κ2) is 14.7. The molecular weight excluding hydrogens is 797 g/mol. The van der Waals surface area contributed by atoms with Gasteiger partial charge in [0, 0.05) is 64.5 Å². The van der Waals surface area contributed by atoms with Crippen molar-refractivity contribution in [2.75, 3.05) is 4.90 Å². The molecule has 0 aliphatic rings. The lowest BCUT2D eigenvalue weighted by molar-refractivity contribution is 0.669. The largest absolute Gasteiger partial charge is 0.456 e. The average molecular weight is 835 g/mol. The highest BCUT2D eigenvalue weighted by atomic mass is 32.1. The van der Waals surface area contributed by atoms with Gasteiger partial charge in [-0.2, -0.15) is 0 Å². The summed E-state index contributed by atoms with van der Waals surface area (Å²) in [5.74, 6) is 0. The van der Waals surface area contributed by atoms with E-state index in [9.17, 15) is 0 Å². The van der Waals surface area contributed by atoms with E-state index in [0.717, 1.165) is 55.8 Å². The van der Waals surface area contributed by atoms with Crippen LogP contribution in [-0.4, -0.2) is 4.57 Å². The lowest BCUT2D eigenvalue weighted by Gasteiger charge is -2.26. The normalized spacial score (nSPS) is 11.8. The van der Waals surface area contributed by atoms with Crippen LogP contribution in [0.5, 0.6) is 0 Å². The fraction of sp³-hybridized carbons (Fsp3) is 0. The van der Waals surface area contributed by atoms with E-state index in [1.807, 2.05) is 23.5 Å². The minimum atomic E-state index is 0.912. The molecule has 0 fully saturated rings. The summed E-state index contributed by atoms with van der Waals surface area (Å²) in [5, 5.41) is 7.29. The van der Waals surface area contributed by atoms with Gasteiger partial charge in [0.2, 0.25) is 0 Å². The number of thiophene rings is 1. The molecule has 0 radical (unpaired) electrons. The zero-order valence-electron chi connectivity index (χ0n) is 34.7. The fourth-order valence-electron chi connectivity index (χ4n) is 9.72. The second-order valence-corrected chi connectivity index (χ2v) is 17.5. The molecule has 0 saturated heterocycles. The quantitative estimate of drug-likeness (QED) is 0.159. The topological polar surface area (TPSA) is 21.3 Å². The van der Waals surface area contributed by atoms with Crippen LogP contribution in [0.2, 0.25) is 0 Å². The van der Waals surface area contributed by atoms with Crippen LogP contribution in [0.25, 0.3) is 103 Å². The number of hydrogen-bond acceptors (Lipinski definition) is 3. The van der Waals surface area contributed by atoms with Crippen molar-refractivity contribution >= 4 is 92.3 Å². The molecule has 0 N–H and O–H groups in total. The summed E-state index contributed by atoms with van der Waals surface area (Å²) >= 11 is 1.87. The molecule has 0 unspecified atom stereocenters. The Bertz CT molecular complexity index is 3860. The van der Waals surface area contributed by atoms with E-state index < -0.39 is 0 Å². The standard InChI is InChI=1S/C60H38N2OS/c1-2-11-39(12-3-1)40-21-29-44(30-22-40)61(46-35-27-43(28-36-46)48-16-10-17-52-51-15-6-9-20-59(51)64-60(48)52)45-31-23-41(24-32-45)42-25-33-47(34-26-42)62-55-18-7-4-13-49(55)53-38-58-54(37-56(53)62)50-14-5-8-19-57(50)63-58/h1-38H. The Hall–Kier alpha value is -8.18. The predicted molar refractivity (Wildman–Crippen MR) is 272 cm³/mol. The molecule has 3 aromatic heterocycles. The Balaban J connectivity index is 0.859. The highest BCUT2D eigenvalue weighted by Gasteiger charge is 2.18. The van der Waals surface area contributed by atoms with Gasteiger partial charge >= 0.3 is 0 Å². The van der Waals surface area contributed by atoms with E-state index in [4.69, 9.17) is 4.42 Å².